The number of aliphatic hydroxyl groups excluding tert-OH is 1. The number of aliphatic hydroxyl groups is 1. The van der Waals surface area contributed by atoms with Crippen molar-refractivity contribution in [3.63, 3.8) is 0 Å². The van der Waals surface area contributed by atoms with Crippen molar-refractivity contribution in [1.29, 1.82) is 0 Å². The summed E-state index contributed by atoms with van der Waals surface area (Å²) in [5.41, 5.74) is 2.16. The van der Waals surface area contributed by atoms with E-state index in [2.05, 4.69) is 13.2 Å². The van der Waals surface area contributed by atoms with Crippen molar-refractivity contribution < 1.29 is 23.8 Å². The van der Waals surface area contributed by atoms with Gasteiger partial charge in [0.2, 0.25) is 0 Å². The van der Waals surface area contributed by atoms with E-state index in [-0.39, 0.29) is 5.82 Å². The van der Waals surface area contributed by atoms with Crippen LogP contribution in [-0.4, -0.2) is 24.3 Å². The van der Waals surface area contributed by atoms with Crippen LogP contribution in [-0.2, 0) is 9.47 Å². The molecule has 0 spiro atoms. The number of unbranched alkanes of at least 4 members (excludes halogenated alkanes) is 4. The van der Waals surface area contributed by atoms with Crippen molar-refractivity contribution >= 4 is 5.97 Å². The Morgan fingerprint density at radius 3 is 2.23 bits per heavy atom. The highest BCUT2D eigenvalue weighted by atomic mass is 19.1. The molecule has 0 heterocycles. The van der Waals surface area contributed by atoms with Gasteiger partial charge in [0.25, 0.3) is 0 Å². The fraction of sp³-hybridized carbons (Fsp3) is 0.346. The molecule has 0 aliphatic carbocycles. The van der Waals surface area contributed by atoms with Gasteiger partial charge in [-0.3, -0.25) is 0 Å². The van der Waals surface area contributed by atoms with Crippen molar-refractivity contribution in [3.8, 4) is 11.1 Å². The summed E-state index contributed by atoms with van der Waals surface area (Å²) in [6.45, 7) is 8.06. The Kier molecular flexibility index (Phi) is 10.7. The lowest BCUT2D eigenvalue weighted by Crippen LogP contribution is -2.10. The number of carbonyl (C=O) groups excluding carboxylic acids is 1. The van der Waals surface area contributed by atoms with E-state index in [4.69, 9.17) is 9.47 Å². The summed E-state index contributed by atoms with van der Waals surface area (Å²) in [5.74, 6) is -0.816. The van der Waals surface area contributed by atoms with Crippen LogP contribution in [0.2, 0.25) is 0 Å². The molecule has 31 heavy (non-hydrogen) atoms. The largest absolute Gasteiger partial charge is 0.462 e. The number of benzene rings is 2. The molecule has 166 valence electrons. The van der Waals surface area contributed by atoms with Gasteiger partial charge in [0.15, 0.2) is 6.29 Å². The van der Waals surface area contributed by atoms with Crippen LogP contribution in [0.4, 0.5) is 4.39 Å². The summed E-state index contributed by atoms with van der Waals surface area (Å²) in [4.78, 5) is 12.6. The average molecular weight is 427 g/mol. The van der Waals surface area contributed by atoms with Crippen LogP contribution in [0.25, 0.3) is 11.1 Å². The lowest BCUT2D eigenvalue weighted by molar-refractivity contribution is -0.103. The summed E-state index contributed by atoms with van der Waals surface area (Å²) < 4.78 is 24.3. The second kappa shape index (κ2) is 13.5. The first-order chi connectivity index (χ1) is 15.0. The van der Waals surface area contributed by atoms with Crippen LogP contribution in [0.3, 0.4) is 0 Å². The summed E-state index contributed by atoms with van der Waals surface area (Å²) in [7, 11) is 0. The molecule has 0 saturated heterocycles. The highest BCUT2D eigenvalue weighted by Gasteiger charge is 2.16. The quantitative estimate of drug-likeness (QED) is 0.165. The van der Waals surface area contributed by atoms with Gasteiger partial charge in [-0.05, 0) is 80.0 Å². The van der Waals surface area contributed by atoms with E-state index < -0.39 is 12.3 Å². The molecule has 0 amide bonds. The maximum Gasteiger partial charge on any atom is 0.338 e. The van der Waals surface area contributed by atoms with Crippen molar-refractivity contribution in [1.82, 2.24) is 0 Å². The summed E-state index contributed by atoms with van der Waals surface area (Å²) in [6, 6.07) is 11.0. The molecule has 1 unspecified atom stereocenters. The van der Waals surface area contributed by atoms with Crippen molar-refractivity contribution in [2.45, 2.75) is 44.8 Å². The van der Waals surface area contributed by atoms with Gasteiger partial charge in [0.05, 0.1) is 18.8 Å². The third-order valence-corrected chi connectivity index (χ3v) is 4.77. The number of esters is 1. The molecule has 0 aliphatic heterocycles. The Bertz CT molecular complexity index is 845. The Hall–Kier alpha value is -2.76. The first-order valence-electron chi connectivity index (χ1n) is 10.6. The fourth-order valence-electron chi connectivity index (χ4n) is 3.04. The van der Waals surface area contributed by atoms with Gasteiger partial charge in [0.1, 0.15) is 5.82 Å². The molecule has 0 aliphatic rings. The first-order valence-corrected chi connectivity index (χ1v) is 10.6. The highest BCUT2D eigenvalue weighted by Crippen LogP contribution is 2.27. The first kappa shape index (κ1) is 24.5. The number of carbonyl (C=O) groups is 1. The molecule has 0 bridgehead atoms. The molecular weight excluding hydrogens is 395 g/mol. The van der Waals surface area contributed by atoms with Crippen molar-refractivity contribution in [3.05, 3.63) is 84.7 Å². The molecule has 2 aromatic carbocycles. The van der Waals surface area contributed by atoms with Gasteiger partial charge in [0, 0.05) is 5.56 Å². The zero-order chi connectivity index (χ0) is 22.5. The highest BCUT2D eigenvalue weighted by molar-refractivity contribution is 5.91. The predicted octanol–water partition coefficient (Wildman–Crippen LogP) is 6.37. The second-order valence-corrected chi connectivity index (χ2v) is 7.28. The van der Waals surface area contributed by atoms with Gasteiger partial charge in [-0.2, -0.15) is 0 Å². The Balaban J connectivity index is 2.17. The van der Waals surface area contributed by atoms with Crippen LogP contribution >= 0.6 is 0 Å². The van der Waals surface area contributed by atoms with Crippen LogP contribution < -0.4 is 0 Å². The Morgan fingerprint density at radius 1 is 0.935 bits per heavy atom. The van der Waals surface area contributed by atoms with Crippen LogP contribution in [0, 0.1) is 5.82 Å². The number of halogens is 1. The third-order valence-electron chi connectivity index (χ3n) is 4.77. The van der Waals surface area contributed by atoms with Gasteiger partial charge < -0.3 is 14.6 Å². The number of rotatable bonds is 14. The molecule has 5 heteroatoms. The van der Waals surface area contributed by atoms with Gasteiger partial charge in [-0.25, -0.2) is 9.18 Å². The van der Waals surface area contributed by atoms with Gasteiger partial charge in [-0.15, -0.1) is 13.2 Å². The lowest BCUT2D eigenvalue weighted by Gasteiger charge is -2.15. The fourth-order valence-corrected chi connectivity index (χ4v) is 3.04. The minimum Gasteiger partial charge on any atom is -0.462 e. The predicted molar refractivity (Wildman–Crippen MR) is 121 cm³/mol. The molecule has 2 rings (SSSR count). The van der Waals surface area contributed by atoms with Crippen molar-refractivity contribution in [2.75, 3.05) is 13.2 Å². The topological polar surface area (TPSA) is 55.8 Å². The van der Waals surface area contributed by atoms with Crippen LogP contribution in [0.15, 0.2) is 67.8 Å². The van der Waals surface area contributed by atoms with E-state index >= 15 is 0 Å². The summed E-state index contributed by atoms with van der Waals surface area (Å²) >= 11 is 0. The van der Waals surface area contributed by atoms with E-state index in [1.165, 1.54) is 12.1 Å². The molecule has 1 N–H and O–H groups in total. The van der Waals surface area contributed by atoms with Gasteiger partial charge >= 0.3 is 5.97 Å². The number of allylic oxidation sites excluding steroid dienone is 2. The number of hydrogen-bond donors (Lipinski definition) is 1. The molecule has 4 nitrogen and oxygen atoms in total. The molecule has 0 fully saturated rings. The standard InChI is InChI=1S/C26H31FO4/c1-3-5-7-9-15-30-25(28)22-17-21(20-11-13-24(27)14-12-20)18-23(19-22)26(29)31-16-10-8-6-4-2/h3-4,11-14,17-19,25,28H,1-2,5-10,15-16H2. The number of ether oxygens (including phenoxy) is 2. The van der Waals surface area contributed by atoms with E-state index in [9.17, 15) is 14.3 Å². The maximum absolute atomic E-state index is 13.3. The molecule has 1 atom stereocenters. The zero-order valence-corrected chi connectivity index (χ0v) is 17.9. The molecule has 2 aromatic rings. The lowest BCUT2D eigenvalue weighted by atomic mass is 9.99. The summed E-state index contributed by atoms with van der Waals surface area (Å²) in [5, 5.41) is 10.5. The van der Waals surface area contributed by atoms with Gasteiger partial charge in [-0.1, -0.05) is 24.3 Å². The molecular formula is C26H31FO4. The third kappa shape index (κ3) is 8.48. The zero-order valence-electron chi connectivity index (χ0n) is 17.9. The van der Waals surface area contributed by atoms with E-state index in [0.29, 0.717) is 29.9 Å². The normalized spacial score (nSPS) is 11.7. The second-order valence-electron chi connectivity index (χ2n) is 7.28. The maximum atomic E-state index is 13.3. The molecule has 0 aromatic heterocycles. The number of hydrogen-bond acceptors (Lipinski definition) is 4. The Labute approximate surface area is 184 Å². The van der Waals surface area contributed by atoms with Crippen molar-refractivity contribution in [2.24, 2.45) is 0 Å². The smallest absolute Gasteiger partial charge is 0.338 e. The minimum absolute atomic E-state index is 0.311. The van der Waals surface area contributed by atoms with E-state index in [0.717, 1.165) is 44.1 Å². The summed E-state index contributed by atoms with van der Waals surface area (Å²) in [6.07, 6.45) is 7.63. The van der Waals surface area contributed by atoms with E-state index in [1.54, 1.807) is 30.3 Å². The monoisotopic (exact) mass is 426 g/mol. The molecule has 0 radical (unpaired) electrons. The van der Waals surface area contributed by atoms with Crippen LogP contribution in [0.1, 0.15) is 60.7 Å². The SMILES string of the molecule is C=CCCCCOC(=O)c1cc(-c2ccc(F)cc2)cc(C(O)OCCCCC=C)c1. The minimum atomic E-state index is -1.18. The van der Waals surface area contributed by atoms with E-state index in [1.807, 2.05) is 12.2 Å². The average Bonchev–Trinajstić information content (AvgIpc) is 2.78. The van der Waals surface area contributed by atoms with Crippen LogP contribution in [0.5, 0.6) is 0 Å². The molecule has 0 saturated carbocycles. The Morgan fingerprint density at radius 2 is 1.58 bits per heavy atom.